The van der Waals surface area contributed by atoms with Gasteiger partial charge in [0.2, 0.25) is 5.95 Å². The van der Waals surface area contributed by atoms with Crippen LogP contribution in [-0.2, 0) is 0 Å². The Morgan fingerprint density at radius 3 is 2.94 bits per heavy atom. The summed E-state index contributed by atoms with van der Waals surface area (Å²) in [6, 6.07) is 0.665. The van der Waals surface area contributed by atoms with Crippen molar-refractivity contribution in [3.8, 4) is 0 Å². The predicted octanol–water partition coefficient (Wildman–Crippen LogP) is 1.78. The molecule has 16 heavy (non-hydrogen) atoms. The highest BCUT2D eigenvalue weighted by Gasteiger charge is 2.20. The molecule has 1 saturated carbocycles. The minimum Gasteiger partial charge on any atom is -0.345 e. The smallest absolute Gasteiger partial charge is 0.205 e. The van der Waals surface area contributed by atoms with Crippen molar-refractivity contribution in [1.82, 2.24) is 9.55 Å². The fourth-order valence-electron chi connectivity index (χ4n) is 2.50. The molecule has 1 aliphatic rings. The summed E-state index contributed by atoms with van der Waals surface area (Å²) in [7, 11) is 2.10. The van der Waals surface area contributed by atoms with E-state index in [1.807, 2.05) is 6.20 Å². The van der Waals surface area contributed by atoms with Crippen LogP contribution in [-0.4, -0.2) is 29.7 Å². The van der Waals surface area contributed by atoms with Crippen LogP contribution >= 0.6 is 0 Å². The molecule has 2 N–H and O–H groups in total. The van der Waals surface area contributed by atoms with Crippen molar-refractivity contribution < 1.29 is 0 Å². The SMILES string of the molecule is CN(CCCN)c1nccn1C1CCCC1. The molecule has 1 aromatic heterocycles. The maximum absolute atomic E-state index is 5.54. The highest BCUT2D eigenvalue weighted by atomic mass is 15.3. The predicted molar refractivity (Wildman–Crippen MR) is 66.7 cm³/mol. The highest BCUT2D eigenvalue weighted by molar-refractivity contribution is 5.30. The molecule has 0 atom stereocenters. The summed E-state index contributed by atoms with van der Waals surface area (Å²) in [6.45, 7) is 1.73. The van der Waals surface area contributed by atoms with Crippen molar-refractivity contribution in [1.29, 1.82) is 0 Å². The van der Waals surface area contributed by atoms with E-state index < -0.39 is 0 Å². The molecular weight excluding hydrogens is 200 g/mol. The van der Waals surface area contributed by atoms with Crippen LogP contribution in [0.25, 0.3) is 0 Å². The van der Waals surface area contributed by atoms with Crippen molar-refractivity contribution in [2.45, 2.75) is 38.1 Å². The second kappa shape index (κ2) is 5.34. The zero-order valence-electron chi connectivity index (χ0n) is 10.1. The Balaban J connectivity index is 2.05. The van der Waals surface area contributed by atoms with Crippen molar-refractivity contribution in [2.75, 3.05) is 25.0 Å². The fourth-order valence-corrected chi connectivity index (χ4v) is 2.50. The highest BCUT2D eigenvalue weighted by Crippen LogP contribution is 2.32. The third-order valence-corrected chi connectivity index (χ3v) is 3.41. The van der Waals surface area contributed by atoms with E-state index in [4.69, 9.17) is 5.73 Å². The van der Waals surface area contributed by atoms with Gasteiger partial charge in [0.05, 0.1) is 0 Å². The summed E-state index contributed by atoms with van der Waals surface area (Å²) in [5.74, 6) is 1.10. The molecule has 0 spiro atoms. The van der Waals surface area contributed by atoms with E-state index in [0.29, 0.717) is 6.04 Å². The lowest BCUT2D eigenvalue weighted by Crippen LogP contribution is -2.25. The largest absolute Gasteiger partial charge is 0.345 e. The molecule has 1 fully saturated rings. The van der Waals surface area contributed by atoms with Crippen LogP contribution < -0.4 is 10.6 Å². The molecule has 0 aromatic carbocycles. The third-order valence-electron chi connectivity index (χ3n) is 3.41. The average molecular weight is 222 g/mol. The number of nitrogens with zero attached hydrogens (tertiary/aromatic N) is 3. The molecule has 90 valence electrons. The number of aromatic nitrogens is 2. The zero-order valence-corrected chi connectivity index (χ0v) is 10.1. The Hall–Kier alpha value is -1.03. The second-order valence-electron chi connectivity index (χ2n) is 4.64. The molecular formula is C12H22N4. The van der Waals surface area contributed by atoms with Gasteiger partial charge in [-0.1, -0.05) is 12.8 Å². The van der Waals surface area contributed by atoms with Crippen LogP contribution in [0, 0.1) is 0 Å². The molecule has 4 heteroatoms. The normalized spacial score (nSPS) is 16.9. The molecule has 0 radical (unpaired) electrons. The van der Waals surface area contributed by atoms with E-state index in [-0.39, 0.29) is 0 Å². The number of anilines is 1. The molecule has 0 aliphatic heterocycles. The molecule has 2 rings (SSSR count). The Morgan fingerprint density at radius 1 is 1.50 bits per heavy atom. The van der Waals surface area contributed by atoms with E-state index in [0.717, 1.165) is 25.5 Å². The summed E-state index contributed by atoms with van der Waals surface area (Å²) < 4.78 is 2.34. The molecule has 0 unspecified atom stereocenters. The quantitative estimate of drug-likeness (QED) is 0.826. The standard InChI is InChI=1S/C12H22N4/c1-15(9-4-7-13)12-14-8-10-16(12)11-5-2-3-6-11/h8,10-11H,2-7,9,13H2,1H3. The van der Waals surface area contributed by atoms with Gasteiger partial charge < -0.3 is 15.2 Å². The minimum atomic E-state index is 0.665. The summed E-state index contributed by atoms with van der Waals surface area (Å²) in [4.78, 5) is 6.68. The molecule has 1 heterocycles. The summed E-state index contributed by atoms with van der Waals surface area (Å²) in [6.07, 6.45) is 10.4. The first-order valence-corrected chi connectivity index (χ1v) is 6.27. The van der Waals surface area contributed by atoms with Crippen LogP contribution in [0.15, 0.2) is 12.4 Å². The Labute approximate surface area is 97.4 Å². The van der Waals surface area contributed by atoms with E-state index in [1.54, 1.807) is 0 Å². The third kappa shape index (κ3) is 2.38. The molecule has 0 saturated heterocycles. The Bertz CT molecular complexity index is 315. The number of hydrogen-bond acceptors (Lipinski definition) is 3. The van der Waals surface area contributed by atoms with Gasteiger partial charge >= 0.3 is 0 Å². The first kappa shape index (κ1) is 11.5. The van der Waals surface area contributed by atoms with Crippen molar-refractivity contribution in [2.24, 2.45) is 5.73 Å². The van der Waals surface area contributed by atoms with E-state index in [9.17, 15) is 0 Å². The van der Waals surface area contributed by atoms with Gasteiger partial charge in [0.15, 0.2) is 0 Å². The lowest BCUT2D eigenvalue weighted by molar-refractivity contribution is 0.515. The van der Waals surface area contributed by atoms with Gasteiger partial charge in [-0.15, -0.1) is 0 Å². The number of imidazole rings is 1. The van der Waals surface area contributed by atoms with Crippen LogP contribution in [0.5, 0.6) is 0 Å². The van der Waals surface area contributed by atoms with Crippen molar-refractivity contribution in [3.05, 3.63) is 12.4 Å². The zero-order chi connectivity index (χ0) is 11.4. The first-order chi connectivity index (χ1) is 7.83. The van der Waals surface area contributed by atoms with E-state index >= 15 is 0 Å². The molecule has 0 amide bonds. The van der Waals surface area contributed by atoms with Gasteiger partial charge in [-0.05, 0) is 25.8 Å². The molecule has 1 aliphatic carbocycles. The van der Waals surface area contributed by atoms with Crippen LogP contribution in [0.4, 0.5) is 5.95 Å². The lowest BCUT2D eigenvalue weighted by atomic mass is 10.2. The van der Waals surface area contributed by atoms with E-state index in [1.165, 1.54) is 25.7 Å². The number of rotatable bonds is 5. The molecule has 1 aromatic rings. The maximum Gasteiger partial charge on any atom is 0.205 e. The second-order valence-corrected chi connectivity index (χ2v) is 4.64. The molecule has 0 bridgehead atoms. The van der Waals surface area contributed by atoms with Crippen LogP contribution in [0.2, 0.25) is 0 Å². The van der Waals surface area contributed by atoms with Crippen LogP contribution in [0.3, 0.4) is 0 Å². The van der Waals surface area contributed by atoms with Crippen LogP contribution in [0.1, 0.15) is 38.1 Å². The van der Waals surface area contributed by atoms with Gasteiger partial charge in [0.25, 0.3) is 0 Å². The lowest BCUT2D eigenvalue weighted by Gasteiger charge is -2.22. The van der Waals surface area contributed by atoms with Crippen molar-refractivity contribution in [3.63, 3.8) is 0 Å². The monoisotopic (exact) mass is 222 g/mol. The van der Waals surface area contributed by atoms with Crippen molar-refractivity contribution >= 4 is 5.95 Å². The summed E-state index contributed by atoms with van der Waals surface area (Å²) >= 11 is 0. The van der Waals surface area contributed by atoms with Gasteiger partial charge in [-0.2, -0.15) is 0 Å². The summed E-state index contributed by atoms with van der Waals surface area (Å²) in [5.41, 5.74) is 5.54. The maximum atomic E-state index is 5.54. The fraction of sp³-hybridized carbons (Fsp3) is 0.750. The summed E-state index contributed by atoms with van der Waals surface area (Å²) in [5, 5.41) is 0. The Morgan fingerprint density at radius 2 is 2.25 bits per heavy atom. The van der Waals surface area contributed by atoms with E-state index in [2.05, 4.69) is 27.7 Å². The Kier molecular flexibility index (Phi) is 3.83. The minimum absolute atomic E-state index is 0.665. The van der Waals surface area contributed by atoms with Gasteiger partial charge in [-0.25, -0.2) is 4.98 Å². The number of nitrogens with two attached hydrogens (primary N) is 1. The topological polar surface area (TPSA) is 47.1 Å². The average Bonchev–Trinajstić information content (AvgIpc) is 2.94. The van der Waals surface area contributed by atoms with Gasteiger partial charge in [0, 0.05) is 32.0 Å². The molecule has 4 nitrogen and oxygen atoms in total. The van der Waals surface area contributed by atoms with Gasteiger partial charge in [0.1, 0.15) is 0 Å². The first-order valence-electron chi connectivity index (χ1n) is 6.27. The number of hydrogen-bond donors (Lipinski definition) is 1. The van der Waals surface area contributed by atoms with Gasteiger partial charge in [-0.3, -0.25) is 0 Å².